The second-order valence-electron chi connectivity index (χ2n) is 6.50. The summed E-state index contributed by atoms with van der Waals surface area (Å²) in [5.74, 6) is -0.637. The Bertz CT molecular complexity index is 682. The number of halogens is 1. The number of piperidine rings is 1. The van der Waals surface area contributed by atoms with Gasteiger partial charge in [0.25, 0.3) is 5.91 Å². The van der Waals surface area contributed by atoms with Gasteiger partial charge in [0.05, 0.1) is 6.54 Å². The summed E-state index contributed by atoms with van der Waals surface area (Å²) < 4.78 is 0. The van der Waals surface area contributed by atoms with Crippen molar-refractivity contribution >= 4 is 29.5 Å². The van der Waals surface area contributed by atoms with E-state index in [2.05, 4.69) is 10.6 Å². The van der Waals surface area contributed by atoms with E-state index in [4.69, 9.17) is 11.6 Å². The molecule has 1 aromatic carbocycles. The first-order valence-corrected chi connectivity index (χ1v) is 8.66. The molecular weight excluding hydrogens is 346 g/mol. The largest absolute Gasteiger partial charge is 0.465 e. The molecule has 2 aliphatic rings. The molecule has 25 heavy (non-hydrogen) atoms. The summed E-state index contributed by atoms with van der Waals surface area (Å²) in [5, 5.41) is 15.2. The Morgan fingerprint density at radius 2 is 1.88 bits per heavy atom. The maximum absolute atomic E-state index is 12.1. The fourth-order valence-electron chi connectivity index (χ4n) is 3.78. The molecule has 2 bridgehead atoms. The van der Waals surface area contributed by atoms with Gasteiger partial charge >= 0.3 is 6.09 Å². The summed E-state index contributed by atoms with van der Waals surface area (Å²) in [6.07, 6.45) is 2.04. The number of carbonyl (C=O) groups excluding carboxylic acids is 2. The number of fused-ring (bicyclic) bond motifs is 2. The van der Waals surface area contributed by atoms with Gasteiger partial charge in [-0.05, 0) is 43.9 Å². The van der Waals surface area contributed by atoms with Gasteiger partial charge in [0, 0.05) is 28.7 Å². The Kier molecular flexibility index (Phi) is 5.13. The number of hydrogen-bond donors (Lipinski definition) is 3. The highest BCUT2D eigenvalue weighted by molar-refractivity contribution is 6.30. The van der Waals surface area contributed by atoms with E-state index < -0.39 is 6.09 Å². The molecule has 0 spiro atoms. The molecule has 3 atom stereocenters. The molecule has 7 nitrogen and oxygen atoms in total. The van der Waals surface area contributed by atoms with Crippen LogP contribution in [0.2, 0.25) is 5.02 Å². The fourth-order valence-corrected chi connectivity index (χ4v) is 3.97. The summed E-state index contributed by atoms with van der Waals surface area (Å²) in [6, 6.07) is 6.40. The number of carbonyl (C=O) groups is 3. The highest BCUT2D eigenvalue weighted by Gasteiger charge is 2.43. The van der Waals surface area contributed by atoms with Crippen molar-refractivity contribution in [3.63, 3.8) is 0 Å². The van der Waals surface area contributed by atoms with Crippen LogP contribution in [0, 0.1) is 0 Å². The van der Waals surface area contributed by atoms with Crippen LogP contribution in [0.3, 0.4) is 0 Å². The molecule has 3 N–H and O–H groups in total. The van der Waals surface area contributed by atoms with Crippen molar-refractivity contribution in [1.82, 2.24) is 15.5 Å². The van der Waals surface area contributed by atoms with Gasteiger partial charge in [-0.25, -0.2) is 4.79 Å². The molecule has 3 rings (SSSR count). The Morgan fingerprint density at radius 1 is 1.20 bits per heavy atom. The van der Waals surface area contributed by atoms with Crippen LogP contribution in [0.5, 0.6) is 0 Å². The SMILES string of the molecule is O=C(CNC(=O)c1cccc(Cl)c1)NC1C[C@H]2CC[C@@H](C1)N2C(=O)O. The first-order chi connectivity index (χ1) is 11.9. The minimum Gasteiger partial charge on any atom is -0.465 e. The zero-order chi connectivity index (χ0) is 18.0. The van der Waals surface area contributed by atoms with Crippen molar-refractivity contribution in [3.8, 4) is 0 Å². The van der Waals surface area contributed by atoms with Crippen molar-refractivity contribution in [2.24, 2.45) is 0 Å². The molecule has 2 aliphatic heterocycles. The lowest BCUT2D eigenvalue weighted by Gasteiger charge is -2.37. The summed E-state index contributed by atoms with van der Waals surface area (Å²) in [4.78, 5) is 36.9. The van der Waals surface area contributed by atoms with Gasteiger partial charge in [-0.3, -0.25) is 9.59 Å². The quantitative estimate of drug-likeness (QED) is 0.758. The molecule has 1 aromatic rings. The molecule has 0 aliphatic carbocycles. The Balaban J connectivity index is 1.47. The van der Waals surface area contributed by atoms with Crippen LogP contribution in [0.15, 0.2) is 24.3 Å². The number of hydrogen-bond acceptors (Lipinski definition) is 3. The maximum Gasteiger partial charge on any atom is 0.407 e. The number of carboxylic acid groups (broad SMARTS) is 1. The predicted molar refractivity (Wildman–Crippen MR) is 91.6 cm³/mol. The molecule has 0 saturated carbocycles. The third-order valence-electron chi connectivity index (χ3n) is 4.82. The van der Waals surface area contributed by atoms with Crippen LogP contribution in [-0.2, 0) is 4.79 Å². The number of nitrogens with zero attached hydrogens (tertiary/aromatic N) is 1. The Morgan fingerprint density at radius 3 is 2.48 bits per heavy atom. The summed E-state index contributed by atoms with van der Waals surface area (Å²) in [5.41, 5.74) is 0.396. The van der Waals surface area contributed by atoms with E-state index >= 15 is 0 Å². The van der Waals surface area contributed by atoms with Crippen LogP contribution in [0.25, 0.3) is 0 Å². The van der Waals surface area contributed by atoms with Gasteiger partial charge < -0.3 is 20.6 Å². The first kappa shape index (κ1) is 17.5. The second-order valence-corrected chi connectivity index (χ2v) is 6.94. The van der Waals surface area contributed by atoms with Crippen molar-refractivity contribution < 1.29 is 19.5 Å². The summed E-state index contributed by atoms with van der Waals surface area (Å²) in [7, 11) is 0. The van der Waals surface area contributed by atoms with E-state index in [1.807, 2.05) is 0 Å². The average molecular weight is 366 g/mol. The van der Waals surface area contributed by atoms with Gasteiger partial charge in [-0.2, -0.15) is 0 Å². The Hall–Kier alpha value is -2.28. The molecule has 134 valence electrons. The highest BCUT2D eigenvalue weighted by Crippen LogP contribution is 2.35. The molecular formula is C17H20ClN3O4. The highest BCUT2D eigenvalue weighted by atomic mass is 35.5. The van der Waals surface area contributed by atoms with Gasteiger partial charge in [0.1, 0.15) is 0 Å². The lowest BCUT2D eigenvalue weighted by molar-refractivity contribution is -0.121. The number of nitrogens with one attached hydrogen (secondary N) is 2. The van der Waals surface area contributed by atoms with E-state index in [9.17, 15) is 19.5 Å². The van der Waals surface area contributed by atoms with E-state index in [-0.39, 0.29) is 36.5 Å². The van der Waals surface area contributed by atoms with Gasteiger partial charge in [-0.15, -0.1) is 0 Å². The van der Waals surface area contributed by atoms with Crippen LogP contribution < -0.4 is 10.6 Å². The maximum atomic E-state index is 12.1. The number of benzene rings is 1. The molecule has 2 saturated heterocycles. The van der Waals surface area contributed by atoms with Gasteiger partial charge in [-0.1, -0.05) is 17.7 Å². The fraction of sp³-hybridized carbons (Fsp3) is 0.471. The average Bonchev–Trinajstić information content (AvgIpc) is 2.84. The Labute approximate surface area is 150 Å². The van der Waals surface area contributed by atoms with Crippen LogP contribution in [0.1, 0.15) is 36.0 Å². The van der Waals surface area contributed by atoms with Crippen LogP contribution in [0.4, 0.5) is 4.79 Å². The first-order valence-electron chi connectivity index (χ1n) is 8.28. The second kappa shape index (κ2) is 7.31. The number of amides is 3. The molecule has 2 fully saturated rings. The zero-order valence-corrected chi connectivity index (χ0v) is 14.3. The number of rotatable bonds is 4. The molecule has 2 heterocycles. The smallest absolute Gasteiger partial charge is 0.407 e. The van der Waals surface area contributed by atoms with E-state index in [1.165, 1.54) is 11.0 Å². The third kappa shape index (κ3) is 4.04. The van der Waals surface area contributed by atoms with Crippen LogP contribution >= 0.6 is 11.6 Å². The monoisotopic (exact) mass is 365 g/mol. The van der Waals surface area contributed by atoms with Crippen molar-refractivity contribution in [2.75, 3.05) is 6.54 Å². The molecule has 1 unspecified atom stereocenters. The zero-order valence-electron chi connectivity index (χ0n) is 13.6. The molecule has 0 aromatic heterocycles. The minimum absolute atomic E-state index is 0.0254. The minimum atomic E-state index is -0.883. The van der Waals surface area contributed by atoms with Crippen molar-refractivity contribution in [2.45, 2.75) is 43.8 Å². The van der Waals surface area contributed by atoms with E-state index in [1.54, 1.807) is 18.2 Å². The van der Waals surface area contributed by atoms with Crippen LogP contribution in [-0.4, -0.2) is 52.6 Å². The summed E-state index contributed by atoms with van der Waals surface area (Å²) >= 11 is 5.84. The third-order valence-corrected chi connectivity index (χ3v) is 5.05. The van der Waals surface area contributed by atoms with E-state index in [0.717, 1.165) is 12.8 Å². The van der Waals surface area contributed by atoms with Crippen molar-refractivity contribution in [1.29, 1.82) is 0 Å². The standard InChI is InChI=1S/C17H20ClN3O4/c18-11-3-1-2-10(6-11)16(23)19-9-15(22)20-12-7-13-4-5-14(8-12)21(13)17(24)25/h1-3,6,12-14H,4-5,7-9H2,(H,19,23)(H,20,22)(H,24,25)/t12?,13-,14+. The molecule has 8 heteroatoms. The lowest BCUT2D eigenvalue weighted by atomic mass is 9.98. The topological polar surface area (TPSA) is 98.7 Å². The summed E-state index contributed by atoms with van der Waals surface area (Å²) in [6.45, 7) is -0.125. The van der Waals surface area contributed by atoms with Gasteiger partial charge in [0.15, 0.2) is 0 Å². The lowest BCUT2D eigenvalue weighted by Crippen LogP contribution is -2.53. The molecule has 0 radical (unpaired) electrons. The predicted octanol–water partition coefficient (Wildman–Crippen LogP) is 1.86. The normalized spacial score (nSPS) is 24.7. The van der Waals surface area contributed by atoms with E-state index in [0.29, 0.717) is 23.4 Å². The van der Waals surface area contributed by atoms with Crippen molar-refractivity contribution in [3.05, 3.63) is 34.9 Å². The van der Waals surface area contributed by atoms with Gasteiger partial charge in [0.2, 0.25) is 5.91 Å². The molecule has 3 amide bonds.